The molecule has 23 heavy (non-hydrogen) atoms. The summed E-state index contributed by atoms with van der Waals surface area (Å²) in [5.41, 5.74) is -1.03. The lowest BCUT2D eigenvalue weighted by Crippen LogP contribution is -2.36. The molecule has 2 rings (SSSR count). The molecule has 0 spiro atoms. The Morgan fingerprint density at radius 3 is 2.52 bits per heavy atom. The molecule has 3 nitrogen and oxygen atoms in total. The molecule has 124 valence electrons. The van der Waals surface area contributed by atoms with Gasteiger partial charge < -0.3 is 10.6 Å². The molecule has 1 aromatic carbocycles. The number of nitrogens with one attached hydrogen (secondary N) is 2. The lowest BCUT2D eigenvalue weighted by molar-refractivity contribution is -0.138. The van der Waals surface area contributed by atoms with E-state index in [1.54, 1.807) is 11.3 Å². The minimum Gasteiger partial charge on any atom is -0.352 e. The van der Waals surface area contributed by atoms with Crippen molar-refractivity contribution in [1.82, 2.24) is 10.6 Å². The second kappa shape index (κ2) is 7.45. The molecule has 0 radical (unpaired) electrons. The first-order chi connectivity index (χ1) is 10.9. The van der Waals surface area contributed by atoms with Crippen molar-refractivity contribution in [3.05, 3.63) is 57.5 Å². The van der Waals surface area contributed by atoms with Gasteiger partial charge in [-0.25, -0.2) is 4.39 Å². The fourth-order valence-electron chi connectivity index (χ4n) is 1.95. The van der Waals surface area contributed by atoms with Crippen molar-refractivity contribution in [2.75, 3.05) is 7.05 Å². The van der Waals surface area contributed by atoms with Gasteiger partial charge in [0.2, 0.25) is 0 Å². The Labute approximate surface area is 135 Å². The molecule has 0 aliphatic rings. The Morgan fingerprint density at radius 2 is 1.91 bits per heavy atom. The van der Waals surface area contributed by atoms with E-state index in [0.717, 1.165) is 17.0 Å². The number of hydrogen-bond acceptors (Lipinski definition) is 2. The Bertz CT molecular complexity index is 666. The first kappa shape index (κ1) is 17.3. The first-order valence-electron chi connectivity index (χ1n) is 6.72. The summed E-state index contributed by atoms with van der Waals surface area (Å²) in [7, 11) is 1.53. The van der Waals surface area contributed by atoms with Crippen molar-refractivity contribution in [3.63, 3.8) is 0 Å². The molecule has 2 N–H and O–H groups in total. The van der Waals surface area contributed by atoms with Gasteiger partial charge in [-0.15, -0.1) is 11.3 Å². The Balaban J connectivity index is 2.01. The molecule has 0 atom stereocenters. The predicted molar refractivity (Wildman–Crippen MR) is 82.8 cm³/mol. The van der Waals surface area contributed by atoms with E-state index in [4.69, 9.17) is 0 Å². The zero-order valence-corrected chi connectivity index (χ0v) is 13.1. The third-order valence-electron chi connectivity index (χ3n) is 3.06. The molecule has 0 bridgehead atoms. The summed E-state index contributed by atoms with van der Waals surface area (Å²) in [6.45, 7) is 0.409. The standard InChI is InChI=1S/C15H15F4N3S/c1-20-14(22-9-12-3-2-6-23-12)21-8-10-4-5-11(16)7-13(10)15(17,18)19/h2-7H,8-9H2,1H3,(H2,20,21,22). The smallest absolute Gasteiger partial charge is 0.352 e. The molecule has 0 amide bonds. The van der Waals surface area contributed by atoms with Gasteiger partial charge in [0.05, 0.1) is 12.1 Å². The molecule has 0 saturated carbocycles. The van der Waals surface area contributed by atoms with E-state index in [0.29, 0.717) is 18.6 Å². The highest BCUT2D eigenvalue weighted by atomic mass is 32.1. The zero-order valence-electron chi connectivity index (χ0n) is 12.2. The van der Waals surface area contributed by atoms with Crippen LogP contribution in [-0.2, 0) is 19.3 Å². The molecule has 0 fully saturated rings. The average Bonchev–Trinajstić information content (AvgIpc) is 3.01. The quantitative estimate of drug-likeness (QED) is 0.503. The van der Waals surface area contributed by atoms with E-state index >= 15 is 0 Å². The van der Waals surface area contributed by atoms with Gasteiger partial charge in [0.25, 0.3) is 0 Å². The number of nitrogens with zero attached hydrogens (tertiary/aromatic N) is 1. The largest absolute Gasteiger partial charge is 0.416 e. The SMILES string of the molecule is CN=C(NCc1cccs1)NCc1ccc(F)cc1C(F)(F)F. The summed E-state index contributed by atoms with van der Waals surface area (Å²) in [4.78, 5) is 5.03. The van der Waals surface area contributed by atoms with E-state index in [-0.39, 0.29) is 12.1 Å². The highest BCUT2D eigenvalue weighted by Crippen LogP contribution is 2.32. The maximum Gasteiger partial charge on any atom is 0.416 e. The van der Waals surface area contributed by atoms with Crippen LogP contribution in [0.5, 0.6) is 0 Å². The number of alkyl halides is 3. The first-order valence-corrected chi connectivity index (χ1v) is 7.60. The number of thiophene rings is 1. The number of guanidine groups is 1. The Hall–Kier alpha value is -2.09. The normalized spacial score (nSPS) is 12.3. The van der Waals surface area contributed by atoms with Gasteiger partial charge in [-0.3, -0.25) is 4.99 Å². The summed E-state index contributed by atoms with van der Waals surface area (Å²) < 4.78 is 51.9. The van der Waals surface area contributed by atoms with Gasteiger partial charge in [-0.2, -0.15) is 13.2 Å². The monoisotopic (exact) mass is 345 g/mol. The van der Waals surface area contributed by atoms with Gasteiger partial charge in [0, 0.05) is 18.5 Å². The van der Waals surface area contributed by atoms with Crippen LogP contribution in [0.15, 0.2) is 40.7 Å². The minimum absolute atomic E-state index is 0.0435. The van der Waals surface area contributed by atoms with Gasteiger partial charge >= 0.3 is 6.18 Å². The molecule has 0 unspecified atom stereocenters. The van der Waals surface area contributed by atoms with Gasteiger partial charge in [0.1, 0.15) is 5.82 Å². The van der Waals surface area contributed by atoms with Crippen LogP contribution in [0.25, 0.3) is 0 Å². The highest BCUT2D eigenvalue weighted by Gasteiger charge is 2.33. The lowest BCUT2D eigenvalue weighted by atomic mass is 10.1. The summed E-state index contributed by atoms with van der Waals surface area (Å²) in [5, 5.41) is 7.74. The summed E-state index contributed by atoms with van der Waals surface area (Å²) >= 11 is 1.56. The van der Waals surface area contributed by atoms with Crippen molar-refractivity contribution < 1.29 is 17.6 Å². The van der Waals surface area contributed by atoms with Crippen LogP contribution in [-0.4, -0.2) is 13.0 Å². The van der Waals surface area contributed by atoms with Crippen molar-refractivity contribution >= 4 is 17.3 Å². The van der Waals surface area contributed by atoms with Crippen molar-refractivity contribution in [1.29, 1.82) is 0 Å². The van der Waals surface area contributed by atoms with Crippen molar-refractivity contribution in [2.24, 2.45) is 4.99 Å². The molecule has 1 aromatic heterocycles. The molecular weight excluding hydrogens is 330 g/mol. The number of hydrogen-bond donors (Lipinski definition) is 2. The van der Waals surface area contributed by atoms with Crippen molar-refractivity contribution in [3.8, 4) is 0 Å². The molecular formula is C15H15F4N3S. The summed E-state index contributed by atoms with van der Waals surface area (Å²) in [6.07, 6.45) is -4.60. The molecule has 2 aromatic rings. The van der Waals surface area contributed by atoms with E-state index in [1.165, 1.54) is 7.05 Å². The second-order valence-corrected chi connectivity index (χ2v) is 5.69. The number of benzene rings is 1. The number of aliphatic imine (C=N–C) groups is 1. The van der Waals surface area contributed by atoms with E-state index in [9.17, 15) is 17.6 Å². The summed E-state index contributed by atoms with van der Waals surface area (Å²) in [5.74, 6) is -0.544. The Morgan fingerprint density at radius 1 is 1.17 bits per heavy atom. The third-order valence-corrected chi connectivity index (χ3v) is 3.93. The van der Waals surface area contributed by atoms with Gasteiger partial charge in [-0.05, 0) is 29.1 Å². The fraction of sp³-hybridized carbons (Fsp3) is 0.267. The second-order valence-electron chi connectivity index (χ2n) is 4.66. The molecule has 0 aliphatic heterocycles. The van der Waals surface area contributed by atoms with E-state index < -0.39 is 17.6 Å². The number of halogens is 4. The molecule has 1 heterocycles. The van der Waals surface area contributed by atoms with Crippen LogP contribution < -0.4 is 10.6 Å². The maximum absolute atomic E-state index is 13.1. The van der Waals surface area contributed by atoms with E-state index in [1.807, 2.05) is 17.5 Å². The van der Waals surface area contributed by atoms with E-state index in [2.05, 4.69) is 15.6 Å². The lowest BCUT2D eigenvalue weighted by Gasteiger charge is -2.15. The Kier molecular flexibility index (Phi) is 5.59. The van der Waals surface area contributed by atoms with Gasteiger partial charge in [0.15, 0.2) is 5.96 Å². The average molecular weight is 345 g/mol. The van der Waals surface area contributed by atoms with Crippen molar-refractivity contribution in [2.45, 2.75) is 19.3 Å². The fourth-order valence-corrected chi connectivity index (χ4v) is 2.59. The topological polar surface area (TPSA) is 36.4 Å². The molecule has 8 heteroatoms. The van der Waals surface area contributed by atoms with Crippen LogP contribution >= 0.6 is 11.3 Å². The predicted octanol–water partition coefficient (Wildman–Crippen LogP) is 3.77. The summed E-state index contributed by atoms with van der Waals surface area (Å²) in [6, 6.07) is 6.48. The highest BCUT2D eigenvalue weighted by molar-refractivity contribution is 7.09. The molecule has 0 aliphatic carbocycles. The van der Waals surface area contributed by atoms with Crippen LogP contribution in [0.3, 0.4) is 0 Å². The third kappa shape index (κ3) is 4.95. The van der Waals surface area contributed by atoms with Crippen LogP contribution in [0, 0.1) is 5.82 Å². The number of rotatable bonds is 4. The van der Waals surface area contributed by atoms with Crippen LogP contribution in [0.1, 0.15) is 16.0 Å². The van der Waals surface area contributed by atoms with Gasteiger partial charge in [-0.1, -0.05) is 12.1 Å². The maximum atomic E-state index is 13.1. The van der Waals surface area contributed by atoms with Crippen LogP contribution in [0.4, 0.5) is 17.6 Å². The minimum atomic E-state index is -4.60. The molecule has 0 saturated heterocycles. The zero-order chi connectivity index (χ0) is 16.9. The van der Waals surface area contributed by atoms with Crippen LogP contribution in [0.2, 0.25) is 0 Å².